The van der Waals surface area contributed by atoms with E-state index in [1.807, 2.05) is 37.2 Å². The largest absolute Gasteiger partial charge is 0.396 e. The normalized spacial score (nSPS) is 17.2. The Morgan fingerprint density at radius 2 is 2.28 bits per heavy atom. The maximum Gasteiger partial charge on any atom is 0.318 e. The number of hydrogen-bond donors (Lipinski definition) is 2. The van der Waals surface area contributed by atoms with Crippen LogP contribution in [0.25, 0.3) is 0 Å². The van der Waals surface area contributed by atoms with E-state index in [0.717, 1.165) is 18.4 Å². The van der Waals surface area contributed by atoms with Gasteiger partial charge in [-0.3, -0.25) is 4.68 Å². The molecule has 3 rings (SSSR count). The summed E-state index contributed by atoms with van der Waals surface area (Å²) in [6.07, 6.45) is 6.18. The molecule has 2 N–H and O–H groups in total. The van der Waals surface area contributed by atoms with Crippen molar-refractivity contribution < 1.29 is 9.90 Å². The van der Waals surface area contributed by atoms with Crippen molar-refractivity contribution in [3.63, 3.8) is 0 Å². The molecule has 1 aromatic carbocycles. The number of aromatic nitrogens is 2. The Bertz CT molecular complexity index is 728. The third-order valence-electron chi connectivity index (χ3n) is 4.86. The van der Waals surface area contributed by atoms with Gasteiger partial charge in [-0.25, -0.2) is 4.79 Å². The van der Waals surface area contributed by atoms with Crippen LogP contribution in [0.15, 0.2) is 36.7 Å². The van der Waals surface area contributed by atoms with Gasteiger partial charge in [-0.15, -0.1) is 0 Å². The van der Waals surface area contributed by atoms with Gasteiger partial charge in [0.1, 0.15) is 0 Å². The second kappa shape index (κ2) is 7.70. The average molecular weight is 342 g/mol. The Labute approximate surface area is 148 Å². The molecule has 0 aliphatic heterocycles. The van der Waals surface area contributed by atoms with Gasteiger partial charge in [0, 0.05) is 32.0 Å². The van der Waals surface area contributed by atoms with Gasteiger partial charge < -0.3 is 15.3 Å². The first-order chi connectivity index (χ1) is 12.1. The van der Waals surface area contributed by atoms with Crippen LogP contribution in [-0.2, 0) is 13.5 Å². The van der Waals surface area contributed by atoms with Crippen molar-refractivity contribution >= 4 is 6.03 Å². The molecular formula is C19H26N4O2. The summed E-state index contributed by atoms with van der Waals surface area (Å²) in [4.78, 5) is 14.8. The maximum absolute atomic E-state index is 12.9. The van der Waals surface area contributed by atoms with E-state index < -0.39 is 0 Å². The van der Waals surface area contributed by atoms with Gasteiger partial charge in [0.25, 0.3) is 0 Å². The van der Waals surface area contributed by atoms with Crippen LogP contribution < -0.4 is 5.32 Å². The van der Waals surface area contributed by atoms with E-state index in [4.69, 9.17) is 0 Å². The standard InChI is InChI=1S/C19H26N4O2/c1-14(16-12-20-22(2)13-16)21-19(25)23(10-5-11-24)18-9-8-15-6-3-4-7-17(15)18/h3-4,6-7,12-14,18,24H,5,8-11H2,1-2H3,(H,21,25)/t14-,18-/m1/s1. The fourth-order valence-corrected chi connectivity index (χ4v) is 3.51. The van der Waals surface area contributed by atoms with Crippen LogP contribution in [0.5, 0.6) is 0 Å². The van der Waals surface area contributed by atoms with Crippen molar-refractivity contribution in [2.45, 2.75) is 38.3 Å². The summed E-state index contributed by atoms with van der Waals surface area (Å²) in [5.41, 5.74) is 3.52. The Hall–Kier alpha value is -2.34. The van der Waals surface area contributed by atoms with Gasteiger partial charge in [0.15, 0.2) is 0 Å². The number of urea groups is 1. The second-order valence-electron chi connectivity index (χ2n) is 6.64. The quantitative estimate of drug-likeness (QED) is 0.847. The molecule has 0 fully saturated rings. The number of nitrogens with zero attached hydrogens (tertiary/aromatic N) is 3. The zero-order valence-electron chi connectivity index (χ0n) is 14.9. The summed E-state index contributed by atoms with van der Waals surface area (Å²) in [6.45, 7) is 2.58. The van der Waals surface area contributed by atoms with Crippen LogP contribution in [0.2, 0.25) is 0 Å². The van der Waals surface area contributed by atoms with E-state index in [1.54, 1.807) is 10.9 Å². The average Bonchev–Trinajstić information content (AvgIpc) is 3.22. The minimum absolute atomic E-state index is 0.0730. The van der Waals surface area contributed by atoms with E-state index in [9.17, 15) is 9.90 Å². The summed E-state index contributed by atoms with van der Waals surface area (Å²) in [7, 11) is 1.86. The van der Waals surface area contributed by atoms with E-state index in [2.05, 4.69) is 22.5 Å². The number of benzene rings is 1. The summed E-state index contributed by atoms with van der Waals surface area (Å²) < 4.78 is 1.73. The Morgan fingerprint density at radius 3 is 3.00 bits per heavy atom. The van der Waals surface area contributed by atoms with Gasteiger partial charge in [0.2, 0.25) is 0 Å². The molecule has 134 valence electrons. The predicted octanol–water partition coefficient (Wildman–Crippen LogP) is 2.56. The van der Waals surface area contributed by atoms with E-state index in [-0.39, 0.29) is 24.7 Å². The van der Waals surface area contributed by atoms with Crippen molar-refractivity contribution in [3.8, 4) is 0 Å². The van der Waals surface area contributed by atoms with Crippen molar-refractivity contribution in [1.82, 2.24) is 20.0 Å². The number of hydrogen-bond acceptors (Lipinski definition) is 3. The molecule has 0 saturated heterocycles. The zero-order chi connectivity index (χ0) is 17.8. The van der Waals surface area contributed by atoms with E-state index in [1.165, 1.54) is 11.1 Å². The van der Waals surface area contributed by atoms with Crippen molar-refractivity contribution in [1.29, 1.82) is 0 Å². The zero-order valence-corrected chi connectivity index (χ0v) is 14.9. The molecule has 1 aliphatic rings. The molecule has 2 atom stereocenters. The van der Waals surface area contributed by atoms with E-state index >= 15 is 0 Å². The van der Waals surface area contributed by atoms with E-state index in [0.29, 0.717) is 13.0 Å². The molecule has 2 aromatic rings. The third kappa shape index (κ3) is 3.85. The number of rotatable bonds is 6. The van der Waals surface area contributed by atoms with Crippen LogP contribution in [0.1, 0.15) is 48.5 Å². The molecule has 0 unspecified atom stereocenters. The molecule has 1 heterocycles. The molecule has 1 aromatic heterocycles. The number of aryl methyl sites for hydroxylation is 2. The summed E-state index contributed by atoms with van der Waals surface area (Å²) in [5.74, 6) is 0. The van der Waals surface area contributed by atoms with Crippen LogP contribution in [0, 0.1) is 0 Å². The van der Waals surface area contributed by atoms with Gasteiger partial charge in [-0.2, -0.15) is 5.10 Å². The highest BCUT2D eigenvalue weighted by molar-refractivity contribution is 5.75. The number of aliphatic hydroxyl groups excluding tert-OH is 1. The number of fused-ring (bicyclic) bond motifs is 1. The molecule has 25 heavy (non-hydrogen) atoms. The fourth-order valence-electron chi connectivity index (χ4n) is 3.51. The maximum atomic E-state index is 12.9. The van der Waals surface area contributed by atoms with Crippen LogP contribution >= 0.6 is 0 Å². The molecule has 6 nitrogen and oxygen atoms in total. The minimum atomic E-state index is -0.116. The Morgan fingerprint density at radius 1 is 1.48 bits per heavy atom. The monoisotopic (exact) mass is 342 g/mol. The van der Waals surface area contributed by atoms with Crippen molar-refractivity contribution in [2.24, 2.45) is 7.05 Å². The molecule has 6 heteroatoms. The van der Waals surface area contributed by atoms with Crippen LogP contribution in [-0.4, -0.2) is 39.0 Å². The highest BCUT2D eigenvalue weighted by Gasteiger charge is 2.31. The molecule has 0 saturated carbocycles. The number of amides is 2. The minimum Gasteiger partial charge on any atom is -0.396 e. The van der Waals surface area contributed by atoms with Gasteiger partial charge in [0.05, 0.1) is 18.3 Å². The van der Waals surface area contributed by atoms with Gasteiger partial charge >= 0.3 is 6.03 Å². The first kappa shape index (κ1) is 17.5. The first-order valence-corrected chi connectivity index (χ1v) is 8.84. The van der Waals surface area contributed by atoms with Gasteiger partial charge in [-0.05, 0) is 37.3 Å². The Kier molecular flexibility index (Phi) is 5.38. The van der Waals surface area contributed by atoms with Crippen molar-refractivity contribution in [2.75, 3.05) is 13.2 Å². The van der Waals surface area contributed by atoms with Crippen LogP contribution in [0.4, 0.5) is 4.79 Å². The SMILES string of the molecule is C[C@@H](NC(=O)N(CCCO)[C@@H]1CCc2ccccc21)c1cnn(C)c1. The number of aliphatic hydroxyl groups is 1. The predicted molar refractivity (Wildman–Crippen MR) is 96.1 cm³/mol. The third-order valence-corrected chi connectivity index (χ3v) is 4.86. The fraction of sp³-hybridized carbons (Fsp3) is 0.474. The highest BCUT2D eigenvalue weighted by atomic mass is 16.3. The molecule has 1 aliphatic carbocycles. The van der Waals surface area contributed by atoms with Gasteiger partial charge in [-0.1, -0.05) is 24.3 Å². The molecule has 0 radical (unpaired) electrons. The summed E-state index contributed by atoms with van der Waals surface area (Å²) >= 11 is 0. The lowest BCUT2D eigenvalue weighted by atomic mass is 10.1. The van der Waals surface area contributed by atoms with Crippen molar-refractivity contribution in [3.05, 3.63) is 53.3 Å². The molecule has 2 amide bonds. The molecule has 0 spiro atoms. The molecule has 0 bridgehead atoms. The molecular weight excluding hydrogens is 316 g/mol. The lowest BCUT2D eigenvalue weighted by Crippen LogP contribution is -2.43. The lowest BCUT2D eigenvalue weighted by molar-refractivity contribution is 0.162. The van der Waals surface area contributed by atoms with Crippen LogP contribution in [0.3, 0.4) is 0 Å². The lowest BCUT2D eigenvalue weighted by Gasteiger charge is -2.31. The number of carbonyl (C=O) groups excluding carboxylic acids is 1. The first-order valence-electron chi connectivity index (χ1n) is 8.84. The number of carbonyl (C=O) groups is 1. The number of nitrogens with one attached hydrogen (secondary N) is 1. The highest BCUT2D eigenvalue weighted by Crippen LogP contribution is 2.35. The summed E-state index contributed by atoms with van der Waals surface area (Å²) in [6, 6.07) is 8.18. The smallest absolute Gasteiger partial charge is 0.318 e. The Balaban J connectivity index is 1.75. The second-order valence-corrected chi connectivity index (χ2v) is 6.64. The summed E-state index contributed by atoms with van der Waals surface area (Å²) in [5, 5.41) is 16.5. The topological polar surface area (TPSA) is 70.4 Å².